The fraction of sp³-hybridized carbons (Fsp3) is 0.455. The van der Waals surface area contributed by atoms with E-state index in [4.69, 9.17) is 25.9 Å². The van der Waals surface area contributed by atoms with Gasteiger partial charge >= 0.3 is 7.60 Å². The standard InChI is InChI=1S/C22H27ClN4O7P2/c23-22-25-21(24-16-6-5-12-3-1-2-4-14(12)16)18-8-7-17(27(18)26-22)15-9-13(19(28)20(15)29)10-34-35(30)11-36(31,32)33/h1-4,7-8,13,15-16,19-20,28-30H,5-6,9-11H2,(H,24,25,26)(H2,31,32,33)/t13-,15+,16-,19-,20+,35?/m1/s1. The summed E-state index contributed by atoms with van der Waals surface area (Å²) in [6, 6.07) is 12.0. The number of nitrogens with zero attached hydrogens (tertiary/aromatic N) is 3. The summed E-state index contributed by atoms with van der Waals surface area (Å²) in [6.07, 6.45) is -0.0759. The summed E-state index contributed by atoms with van der Waals surface area (Å²) >= 11 is 6.27. The summed E-state index contributed by atoms with van der Waals surface area (Å²) in [4.78, 5) is 32.2. The molecule has 2 heterocycles. The first-order chi connectivity index (χ1) is 17.1. The van der Waals surface area contributed by atoms with Gasteiger partial charge < -0.3 is 34.7 Å². The molecule has 1 unspecified atom stereocenters. The van der Waals surface area contributed by atoms with Crippen LogP contribution in [0.5, 0.6) is 0 Å². The Morgan fingerprint density at radius 1 is 1.19 bits per heavy atom. The van der Waals surface area contributed by atoms with Crippen molar-refractivity contribution in [3.8, 4) is 0 Å². The lowest BCUT2D eigenvalue weighted by Gasteiger charge is -2.19. The molecule has 2 aliphatic rings. The van der Waals surface area contributed by atoms with E-state index in [-0.39, 0.29) is 17.9 Å². The second-order valence-corrected chi connectivity index (χ2v) is 13.0. The zero-order valence-electron chi connectivity index (χ0n) is 19.1. The van der Waals surface area contributed by atoms with Crippen LogP contribution in [0.25, 0.3) is 5.52 Å². The Labute approximate surface area is 213 Å². The molecule has 194 valence electrons. The Hall–Kier alpha value is -1.65. The summed E-state index contributed by atoms with van der Waals surface area (Å²) < 4.78 is 17.9. The third kappa shape index (κ3) is 5.31. The number of halogens is 1. The van der Waals surface area contributed by atoms with E-state index >= 15 is 0 Å². The summed E-state index contributed by atoms with van der Waals surface area (Å²) in [5.41, 5.74) is 3.84. The van der Waals surface area contributed by atoms with Gasteiger partial charge in [-0.05, 0) is 54.1 Å². The average Bonchev–Trinajstić information content (AvgIpc) is 3.48. The van der Waals surface area contributed by atoms with Crippen molar-refractivity contribution in [2.75, 3.05) is 17.8 Å². The molecule has 0 bridgehead atoms. The van der Waals surface area contributed by atoms with Gasteiger partial charge in [0, 0.05) is 17.5 Å². The highest BCUT2D eigenvalue weighted by atomic mass is 35.5. The van der Waals surface area contributed by atoms with Crippen molar-refractivity contribution >= 4 is 38.9 Å². The van der Waals surface area contributed by atoms with Gasteiger partial charge in [0.25, 0.3) is 0 Å². The highest BCUT2D eigenvalue weighted by Crippen LogP contribution is 2.50. The van der Waals surface area contributed by atoms with Gasteiger partial charge in [-0.25, -0.2) is 4.52 Å². The van der Waals surface area contributed by atoms with E-state index in [0.717, 1.165) is 12.8 Å². The Morgan fingerprint density at radius 3 is 2.75 bits per heavy atom. The molecule has 6 atom stereocenters. The summed E-state index contributed by atoms with van der Waals surface area (Å²) in [5, 5.41) is 29.3. The van der Waals surface area contributed by atoms with Gasteiger partial charge in [0.15, 0.2) is 14.2 Å². The van der Waals surface area contributed by atoms with E-state index in [1.807, 2.05) is 24.3 Å². The lowest BCUT2D eigenvalue weighted by molar-refractivity contribution is 0.00468. The minimum atomic E-state index is -4.42. The number of aromatic nitrogens is 3. The van der Waals surface area contributed by atoms with Crippen molar-refractivity contribution in [1.82, 2.24) is 14.6 Å². The van der Waals surface area contributed by atoms with Crippen LogP contribution in [0.2, 0.25) is 5.28 Å². The van der Waals surface area contributed by atoms with Gasteiger partial charge in [0.2, 0.25) is 5.28 Å². The lowest BCUT2D eigenvalue weighted by Crippen LogP contribution is -2.29. The number of hydrogen-bond donors (Lipinski definition) is 6. The average molecular weight is 557 g/mol. The van der Waals surface area contributed by atoms with E-state index in [1.54, 1.807) is 4.52 Å². The van der Waals surface area contributed by atoms with E-state index in [9.17, 15) is 19.7 Å². The van der Waals surface area contributed by atoms with Crippen molar-refractivity contribution in [2.45, 2.75) is 43.4 Å². The largest absolute Gasteiger partial charge is 0.390 e. The third-order valence-electron chi connectivity index (χ3n) is 6.88. The molecule has 2 aromatic heterocycles. The highest BCUT2D eigenvalue weighted by molar-refractivity contribution is 7.67. The Kier molecular flexibility index (Phi) is 7.40. The van der Waals surface area contributed by atoms with Gasteiger partial charge in [-0.2, -0.15) is 4.98 Å². The van der Waals surface area contributed by atoms with Crippen molar-refractivity contribution in [3.05, 3.63) is 58.5 Å². The minimum absolute atomic E-state index is 0.0324. The van der Waals surface area contributed by atoms with E-state index < -0.39 is 45.9 Å². The number of aliphatic hydroxyl groups is 2. The molecule has 0 radical (unpaired) electrons. The number of benzene rings is 1. The molecule has 0 aliphatic heterocycles. The second kappa shape index (κ2) is 10.3. The molecule has 36 heavy (non-hydrogen) atoms. The monoisotopic (exact) mass is 556 g/mol. The van der Waals surface area contributed by atoms with Crippen LogP contribution in [0, 0.1) is 5.92 Å². The van der Waals surface area contributed by atoms with Gasteiger partial charge in [0.05, 0.1) is 24.9 Å². The molecule has 1 aromatic carbocycles. The quantitative estimate of drug-likeness (QED) is 0.227. The maximum absolute atomic E-state index is 11.1. The number of rotatable bonds is 8. The fourth-order valence-electron chi connectivity index (χ4n) is 5.21. The molecule has 3 aromatic rings. The van der Waals surface area contributed by atoms with Crippen molar-refractivity contribution < 1.29 is 34.0 Å². The van der Waals surface area contributed by atoms with Crippen LogP contribution < -0.4 is 5.32 Å². The molecule has 6 N–H and O–H groups in total. The minimum Gasteiger partial charge on any atom is -0.390 e. The summed E-state index contributed by atoms with van der Waals surface area (Å²) in [6.45, 7) is -0.149. The number of anilines is 1. The lowest BCUT2D eigenvalue weighted by atomic mass is 10.0. The summed E-state index contributed by atoms with van der Waals surface area (Å²) in [7, 11) is -6.77. The van der Waals surface area contributed by atoms with Crippen molar-refractivity contribution in [2.24, 2.45) is 5.92 Å². The first kappa shape index (κ1) is 26.0. The zero-order chi connectivity index (χ0) is 25.6. The number of hydrogen-bond acceptors (Lipinski definition) is 8. The molecular formula is C22H27ClN4O7P2. The molecule has 14 heteroatoms. The predicted molar refractivity (Wildman–Crippen MR) is 134 cm³/mol. The van der Waals surface area contributed by atoms with Gasteiger partial charge in [0.1, 0.15) is 11.4 Å². The van der Waals surface area contributed by atoms with E-state index in [2.05, 4.69) is 27.5 Å². The van der Waals surface area contributed by atoms with Crippen LogP contribution in [0.3, 0.4) is 0 Å². The number of aliphatic hydroxyl groups excluding tert-OH is 2. The van der Waals surface area contributed by atoms with Crippen molar-refractivity contribution in [3.63, 3.8) is 0 Å². The Morgan fingerprint density at radius 2 is 1.97 bits per heavy atom. The number of nitrogens with one attached hydrogen (secondary N) is 1. The summed E-state index contributed by atoms with van der Waals surface area (Å²) in [5.74, 6) is -1.26. The van der Waals surface area contributed by atoms with E-state index in [0.29, 0.717) is 23.4 Å². The first-order valence-corrected chi connectivity index (χ1v) is 15.1. The molecule has 1 saturated carbocycles. The molecule has 11 nitrogen and oxygen atoms in total. The predicted octanol–water partition coefficient (Wildman–Crippen LogP) is 2.76. The SMILES string of the molecule is O=P(O)(O)CP(O)OC[C@H]1C[C@@H](c2ccc3c(N[C@@H]4CCc5ccccc54)nc(Cl)nn23)[C@H](O)[C@@H]1O. The highest BCUT2D eigenvalue weighted by Gasteiger charge is 2.44. The smallest absolute Gasteiger partial charge is 0.334 e. The molecular weight excluding hydrogens is 530 g/mol. The van der Waals surface area contributed by atoms with Crippen molar-refractivity contribution in [1.29, 1.82) is 0 Å². The first-order valence-electron chi connectivity index (χ1n) is 11.5. The zero-order valence-corrected chi connectivity index (χ0v) is 21.6. The van der Waals surface area contributed by atoms with Crippen LogP contribution in [0.15, 0.2) is 36.4 Å². The maximum atomic E-state index is 11.1. The molecule has 0 spiro atoms. The molecule has 0 saturated heterocycles. The number of aryl methyl sites for hydroxylation is 1. The third-order valence-corrected chi connectivity index (χ3v) is 9.93. The van der Waals surface area contributed by atoms with Gasteiger partial charge in [-0.1, -0.05) is 24.3 Å². The number of fused-ring (bicyclic) bond motifs is 2. The Balaban J connectivity index is 1.35. The Bertz CT molecular complexity index is 1300. The molecule has 5 rings (SSSR count). The van der Waals surface area contributed by atoms with Crippen LogP contribution >= 0.6 is 27.6 Å². The normalized spacial score (nSPS) is 26.9. The molecule has 0 amide bonds. The maximum Gasteiger partial charge on any atom is 0.334 e. The van der Waals surface area contributed by atoms with Crippen LogP contribution in [-0.2, 0) is 15.5 Å². The van der Waals surface area contributed by atoms with E-state index in [1.165, 1.54) is 11.1 Å². The van der Waals surface area contributed by atoms with Crippen LogP contribution in [0.1, 0.15) is 41.6 Å². The molecule has 2 aliphatic carbocycles. The van der Waals surface area contributed by atoms with Crippen LogP contribution in [-0.4, -0.2) is 64.2 Å². The topological polar surface area (TPSA) is 170 Å². The second-order valence-electron chi connectivity index (χ2n) is 9.26. The molecule has 1 fully saturated rings. The van der Waals surface area contributed by atoms with Crippen LogP contribution in [0.4, 0.5) is 5.82 Å². The fourth-order valence-corrected chi connectivity index (χ4v) is 7.32. The van der Waals surface area contributed by atoms with Gasteiger partial charge in [-0.3, -0.25) is 4.57 Å². The van der Waals surface area contributed by atoms with Gasteiger partial charge in [-0.15, -0.1) is 5.10 Å².